The summed E-state index contributed by atoms with van der Waals surface area (Å²) in [6.07, 6.45) is 7.60. The fourth-order valence-corrected chi connectivity index (χ4v) is 5.07. The van der Waals surface area contributed by atoms with Crippen LogP contribution in [-0.4, -0.2) is 13.7 Å². The number of aryl methyl sites for hydroxylation is 1. The number of sulfonamides is 1. The van der Waals surface area contributed by atoms with Crippen molar-refractivity contribution < 1.29 is 8.42 Å². The first kappa shape index (κ1) is 18.7. The molecule has 27 heavy (non-hydrogen) atoms. The van der Waals surface area contributed by atoms with Gasteiger partial charge in [0.25, 0.3) is 0 Å². The van der Waals surface area contributed by atoms with Crippen molar-refractivity contribution in [3.05, 3.63) is 71.3 Å². The molecule has 4 rings (SSSR count). The highest BCUT2D eigenvalue weighted by Crippen LogP contribution is 2.50. The third-order valence-electron chi connectivity index (χ3n) is 5.60. The molecule has 2 aromatic carbocycles. The summed E-state index contributed by atoms with van der Waals surface area (Å²) in [6.45, 7) is 0. The Kier molecular flexibility index (Phi) is 5.14. The number of nitrogens with one attached hydrogen (secondary N) is 1. The molecular weight excluding hydrogens is 424 g/mol. The minimum atomic E-state index is -3.70. The molecule has 1 heterocycles. The normalized spacial score (nSPS) is 23.6. The fourth-order valence-electron chi connectivity index (χ4n) is 4.24. The summed E-state index contributed by atoms with van der Waals surface area (Å²) in [6, 6.07) is 14.2. The third kappa shape index (κ3) is 3.71. The molecule has 3 atom stereocenters. The molecular formula is C21H23BrN2O2S. The molecule has 0 radical (unpaired) electrons. The molecule has 1 aliphatic heterocycles. The van der Waals surface area contributed by atoms with E-state index in [0.29, 0.717) is 5.92 Å². The SMILES string of the molecule is NS(=O)(=O)c1ccc2c(c1)[C@H]1C=CC[C@H]1[C@@H](c1ccc(CCCBr)cc1)N2. The number of fused-ring (bicyclic) bond motifs is 3. The number of alkyl halides is 1. The Bertz CT molecular complexity index is 970. The minimum absolute atomic E-state index is 0.177. The minimum Gasteiger partial charge on any atom is -0.378 e. The van der Waals surface area contributed by atoms with Crippen LogP contribution < -0.4 is 10.5 Å². The number of hydrogen-bond donors (Lipinski definition) is 2. The Morgan fingerprint density at radius 3 is 2.63 bits per heavy atom. The van der Waals surface area contributed by atoms with Gasteiger partial charge in [-0.25, -0.2) is 13.6 Å². The van der Waals surface area contributed by atoms with E-state index >= 15 is 0 Å². The summed E-state index contributed by atoms with van der Waals surface area (Å²) in [4.78, 5) is 0.177. The van der Waals surface area contributed by atoms with Gasteiger partial charge >= 0.3 is 0 Å². The van der Waals surface area contributed by atoms with Gasteiger partial charge in [0.1, 0.15) is 0 Å². The van der Waals surface area contributed by atoms with E-state index in [-0.39, 0.29) is 16.9 Å². The zero-order chi connectivity index (χ0) is 19.0. The molecule has 0 saturated heterocycles. The Balaban J connectivity index is 1.66. The van der Waals surface area contributed by atoms with E-state index in [1.807, 2.05) is 6.07 Å². The van der Waals surface area contributed by atoms with Gasteiger partial charge in [0.15, 0.2) is 0 Å². The maximum Gasteiger partial charge on any atom is 0.238 e. The number of rotatable bonds is 5. The van der Waals surface area contributed by atoms with Gasteiger partial charge in [-0.2, -0.15) is 0 Å². The monoisotopic (exact) mass is 446 g/mol. The third-order valence-corrected chi connectivity index (χ3v) is 7.07. The summed E-state index contributed by atoms with van der Waals surface area (Å²) < 4.78 is 23.5. The molecule has 0 bridgehead atoms. The highest BCUT2D eigenvalue weighted by atomic mass is 79.9. The maximum atomic E-state index is 11.7. The maximum absolute atomic E-state index is 11.7. The molecule has 3 N–H and O–H groups in total. The van der Waals surface area contributed by atoms with Crippen molar-refractivity contribution in [2.75, 3.05) is 10.6 Å². The Labute approximate surface area is 169 Å². The zero-order valence-electron chi connectivity index (χ0n) is 14.9. The predicted octanol–water partition coefficient (Wildman–Crippen LogP) is 4.49. The van der Waals surface area contributed by atoms with E-state index in [1.165, 1.54) is 11.1 Å². The summed E-state index contributed by atoms with van der Waals surface area (Å²) in [5.41, 5.74) is 4.64. The highest BCUT2D eigenvalue weighted by Gasteiger charge is 2.38. The average Bonchev–Trinajstić information content (AvgIpc) is 3.15. The number of nitrogens with two attached hydrogens (primary N) is 1. The van der Waals surface area contributed by atoms with E-state index in [4.69, 9.17) is 5.14 Å². The Hall–Kier alpha value is -1.63. The van der Waals surface area contributed by atoms with Crippen LogP contribution in [0.25, 0.3) is 0 Å². The van der Waals surface area contributed by atoms with Crippen LogP contribution in [0, 0.1) is 5.92 Å². The van der Waals surface area contributed by atoms with Gasteiger partial charge in [-0.3, -0.25) is 0 Å². The van der Waals surface area contributed by atoms with Crippen molar-refractivity contribution in [3.8, 4) is 0 Å². The van der Waals surface area contributed by atoms with E-state index in [0.717, 1.165) is 35.8 Å². The van der Waals surface area contributed by atoms with Crippen molar-refractivity contribution in [1.82, 2.24) is 0 Å². The van der Waals surface area contributed by atoms with Crippen LogP contribution >= 0.6 is 15.9 Å². The summed E-state index contributed by atoms with van der Waals surface area (Å²) >= 11 is 3.48. The van der Waals surface area contributed by atoms with Crippen LogP contribution in [0.1, 0.15) is 41.5 Å². The van der Waals surface area contributed by atoms with Gasteiger partial charge in [-0.1, -0.05) is 52.3 Å². The van der Waals surface area contributed by atoms with Crippen LogP contribution in [-0.2, 0) is 16.4 Å². The number of anilines is 1. The second-order valence-electron chi connectivity index (χ2n) is 7.30. The first-order valence-corrected chi connectivity index (χ1v) is 11.9. The van der Waals surface area contributed by atoms with E-state index in [2.05, 4.69) is 57.7 Å². The smallest absolute Gasteiger partial charge is 0.238 e. The molecule has 0 fully saturated rings. The number of primary sulfonamides is 1. The van der Waals surface area contributed by atoms with Crippen LogP contribution in [0.2, 0.25) is 0 Å². The molecule has 142 valence electrons. The van der Waals surface area contributed by atoms with Crippen molar-refractivity contribution >= 4 is 31.6 Å². The lowest BCUT2D eigenvalue weighted by Gasteiger charge is -2.37. The lowest BCUT2D eigenvalue weighted by molar-refractivity contribution is 0.425. The second kappa shape index (κ2) is 7.41. The summed E-state index contributed by atoms with van der Waals surface area (Å²) in [5.74, 6) is 0.586. The van der Waals surface area contributed by atoms with Crippen LogP contribution in [0.3, 0.4) is 0 Å². The molecule has 0 aromatic heterocycles. The molecule has 4 nitrogen and oxygen atoms in total. The van der Waals surface area contributed by atoms with Gasteiger partial charge in [-0.05, 0) is 60.1 Å². The standard InChI is InChI=1S/C21H23BrN2O2S/c22-12-2-3-14-6-8-15(9-7-14)21-18-5-1-4-17(18)19-13-16(27(23,25)26)10-11-20(19)24-21/h1,4,6-11,13,17-18,21,24H,2-3,5,12H2,(H2,23,25,26)/t17-,18+,21+/m0/s1. The molecule has 2 aromatic rings. The number of benzene rings is 2. The molecule has 0 amide bonds. The van der Waals surface area contributed by atoms with Crippen LogP contribution in [0.5, 0.6) is 0 Å². The van der Waals surface area contributed by atoms with E-state index < -0.39 is 10.0 Å². The van der Waals surface area contributed by atoms with Gasteiger partial charge in [0.05, 0.1) is 10.9 Å². The average molecular weight is 447 g/mol. The summed E-state index contributed by atoms with van der Waals surface area (Å²) in [5, 5.41) is 9.99. The topological polar surface area (TPSA) is 72.2 Å². The fraction of sp³-hybridized carbons (Fsp3) is 0.333. The van der Waals surface area contributed by atoms with Crippen molar-refractivity contribution in [2.45, 2.75) is 36.1 Å². The predicted molar refractivity (Wildman–Crippen MR) is 113 cm³/mol. The zero-order valence-corrected chi connectivity index (χ0v) is 17.3. The molecule has 0 spiro atoms. The quantitative estimate of drug-likeness (QED) is 0.524. The first-order valence-electron chi connectivity index (χ1n) is 9.22. The van der Waals surface area contributed by atoms with Gasteiger partial charge in [0.2, 0.25) is 10.0 Å². The van der Waals surface area contributed by atoms with Gasteiger partial charge in [0, 0.05) is 16.9 Å². The van der Waals surface area contributed by atoms with Crippen LogP contribution in [0.15, 0.2) is 59.5 Å². The lowest BCUT2D eigenvalue weighted by atomic mass is 9.77. The molecule has 0 saturated carbocycles. The molecule has 2 aliphatic rings. The van der Waals surface area contributed by atoms with Crippen LogP contribution in [0.4, 0.5) is 5.69 Å². The number of hydrogen-bond acceptors (Lipinski definition) is 3. The molecule has 0 unspecified atom stereocenters. The van der Waals surface area contributed by atoms with Crippen molar-refractivity contribution in [1.29, 1.82) is 0 Å². The first-order chi connectivity index (χ1) is 13.0. The Morgan fingerprint density at radius 2 is 1.93 bits per heavy atom. The largest absolute Gasteiger partial charge is 0.378 e. The van der Waals surface area contributed by atoms with E-state index in [1.54, 1.807) is 12.1 Å². The highest BCUT2D eigenvalue weighted by molar-refractivity contribution is 9.09. The number of allylic oxidation sites excluding steroid dienone is 2. The molecule has 6 heteroatoms. The lowest BCUT2D eigenvalue weighted by Crippen LogP contribution is -2.29. The van der Waals surface area contributed by atoms with Gasteiger partial charge < -0.3 is 5.32 Å². The van der Waals surface area contributed by atoms with Gasteiger partial charge in [-0.15, -0.1) is 0 Å². The Morgan fingerprint density at radius 1 is 1.15 bits per heavy atom. The number of halogens is 1. The van der Waals surface area contributed by atoms with E-state index in [9.17, 15) is 8.42 Å². The second-order valence-corrected chi connectivity index (χ2v) is 9.66. The van der Waals surface area contributed by atoms with Crippen molar-refractivity contribution in [3.63, 3.8) is 0 Å². The van der Waals surface area contributed by atoms with Crippen molar-refractivity contribution in [2.24, 2.45) is 11.1 Å². The molecule has 1 aliphatic carbocycles. The summed E-state index contributed by atoms with van der Waals surface area (Å²) in [7, 11) is -3.70.